The van der Waals surface area contributed by atoms with Crippen LogP contribution < -0.4 is 14.2 Å². The van der Waals surface area contributed by atoms with Gasteiger partial charge >= 0.3 is 0 Å². The molecule has 0 spiro atoms. The van der Waals surface area contributed by atoms with E-state index in [2.05, 4.69) is 11.4 Å². The summed E-state index contributed by atoms with van der Waals surface area (Å²) >= 11 is 1.71. The second-order valence-corrected chi connectivity index (χ2v) is 9.60. The maximum absolute atomic E-state index is 13.6. The Balaban J connectivity index is 1.50. The molecule has 0 aliphatic carbocycles. The fourth-order valence-corrected chi connectivity index (χ4v) is 5.36. The van der Waals surface area contributed by atoms with Crippen LogP contribution in [0.25, 0.3) is 0 Å². The topological polar surface area (TPSA) is 68.3 Å². The van der Waals surface area contributed by atoms with E-state index < -0.39 is 0 Å². The molecule has 36 heavy (non-hydrogen) atoms. The van der Waals surface area contributed by atoms with Crippen molar-refractivity contribution in [1.29, 1.82) is 0 Å². The lowest BCUT2D eigenvalue weighted by atomic mass is 10.0. The number of benzene rings is 2. The molecule has 0 saturated carbocycles. The van der Waals surface area contributed by atoms with Crippen LogP contribution >= 0.6 is 11.3 Å². The summed E-state index contributed by atoms with van der Waals surface area (Å²) in [5.74, 6) is 1.84. The van der Waals surface area contributed by atoms with Crippen LogP contribution in [0.5, 0.6) is 17.2 Å². The number of hydrogen-bond acceptors (Lipinski definition) is 6. The highest BCUT2D eigenvalue weighted by molar-refractivity contribution is 7.10. The second kappa shape index (κ2) is 11.9. The van der Waals surface area contributed by atoms with E-state index in [1.165, 1.54) is 4.88 Å². The van der Waals surface area contributed by atoms with Crippen molar-refractivity contribution in [2.24, 2.45) is 0 Å². The fourth-order valence-electron chi connectivity index (χ4n) is 4.43. The zero-order valence-electron chi connectivity index (χ0n) is 20.9. The molecule has 1 atom stereocenters. The molecule has 2 amide bonds. The molecule has 0 bridgehead atoms. The van der Waals surface area contributed by atoms with Gasteiger partial charge in [0.2, 0.25) is 5.91 Å². The van der Waals surface area contributed by atoms with Gasteiger partial charge in [0.05, 0.1) is 20.3 Å². The van der Waals surface area contributed by atoms with Crippen LogP contribution in [-0.4, -0.2) is 62.1 Å². The highest BCUT2D eigenvalue weighted by atomic mass is 32.1. The van der Waals surface area contributed by atoms with Gasteiger partial charge in [-0.15, -0.1) is 11.3 Å². The Morgan fingerprint density at radius 2 is 1.78 bits per heavy atom. The summed E-state index contributed by atoms with van der Waals surface area (Å²) in [5, 5.41) is 2.06. The molecular weight excluding hydrogens is 476 g/mol. The van der Waals surface area contributed by atoms with Gasteiger partial charge in [-0.25, -0.2) is 0 Å². The largest absolute Gasteiger partial charge is 0.497 e. The number of ether oxygens (including phenoxy) is 3. The van der Waals surface area contributed by atoms with Crippen molar-refractivity contribution in [2.75, 3.05) is 40.5 Å². The minimum absolute atomic E-state index is 0.0217. The molecule has 0 saturated heterocycles. The molecular formula is C28H32N2O5S. The van der Waals surface area contributed by atoms with Gasteiger partial charge in [0.1, 0.15) is 30.4 Å². The SMILES string of the molecule is CCCN(CC(=O)N1CCc2sccc2[C@@H]1COc1cccc(OC)c1)C(=O)c1ccc(OC)cc1. The van der Waals surface area contributed by atoms with Gasteiger partial charge in [0, 0.05) is 29.6 Å². The first-order valence-corrected chi connectivity index (χ1v) is 13.0. The molecule has 1 aliphatic heterocycles. The van der Waals surface area contributed by atoms with Gasteiger partial charge in [0.15, 0.2) is 0 Å². The number of carbonyl (C=O) groups excluding carboxylic acids is 2. The number of nitrogens with zero attached hydrogens (tertiary/aromatic N) is 2. The number of methoxy groups -OCH3 is 2. The number of fused-ring (bicyclic) bond motifs is 1. The van der Waals surface area contributed by atoms with Crippen LogP contribution in [0.4, 0.5) is 0 Å². The van der Waals surface area contributed by atoms with Crippen molar-refractivity contribution >= 4 is 23.2 Å². The Kier molecular flexibility index (Phi) is 8.48. The molecule has 0 N–H and O–H groups in total. The molecule has 3 aromatic rings. The van der Waals surface area contributed by atoms with E-state index in [4.69, 9.17) is 14.2 Å². The standard InChI is InChI=1S/C28H32N2O5S/c1-4-14-29(28(32)20-8-10-21(33-2)11-9-20)18-27(31)30-15-12-26-24(13-16-36-26)25(30)19-35-23-7-5-6-22(17-23)34-3/h5-11,13,16-17,25H,4,12,14-15,18-19H2,1-3H3/t25-/m0/s1. The number of rotatable bonds is 10. The predicted molar refractivity (Wildman–Crippen MR) is 140 cm³/mol. The van der Waals surface area contributed by atoms with Gasteiger partial charge in [-0.1, -0.05) is 13.0 Å². The number of amides is 2. The summed E-state index contributed by atoms with van der Waals surface area (Å²) in [7, 11) is 3.21. The number of carbonyl (C=O) groups is 2. The maximum Gasteiger partial charge on any atom is 0.254 e. The summed E-state index contributed by atoms with van der Waals surface area (Å²) in [6.45, 7) is 3.44. The predicted octanol–water partition coefficient (Wildman–Crippen LogP) is 4.82. The summed E-state index contributed by atoms with van der Waals surface area (Å²) in [6, 6.07) is 16.3. The third-order valence-electron chi connectivity index (χ3n) is 6.31. The highest BCUT2D eigenvalue weighted by Crippen LogP contribution is 2.34. The monoisotopic (exact) mass is 508 g/mol. The summed E-state index contributed by atoms with van der Waals surface area (Å²) < 4.78 is 16.6. The van der Waals surface area contributed by atoms with Gasteiger partial charge in [0.25, 0.3) is 5.91 Å². The van der Waals surface area contributed by atoms with E-state index in [9.17, 15) is 9.59 Å². The fraction of sp³-hybridized carbons (Fsp3) is 0.357. The van der Waals surface area contributed by atoms with E-state index in [0.29, 0.717) is 42.5 Å². The molecule has 0 radical (unpaired) electrons. The smallest absolute Gasteiger partial charge is 0.254 e. The van der Waals surface area contributed by atoms with Crippen LogP contribution in [0.2, 0.25) is 0 Å². The zero-order chi connectivity index (χ0) is 25.5. The van der Waals surface area contributed by atoms with Crippen molar-refractivity contribution in [2.45, 2.75) is 25.8 Å². The van der Waals surface area contributed by atoms with Gasteiger partial charge in [-0.3, -0.25) is 9.59 Å². The highest BCUT2D eigenvalue weighted by Gasteiger charge is 2.33. The van der Waals surface area contributed by atoms with E-state index in [0.717, 1.165) is 18.4 Å². The molecule has 2 heterocycles. The van der Waals surface area contributed by atoms with E-state index in [1.807, 2.05) is 36.1 Å². The van der Waals surface area contributed by atoms with Gasteiger partial charge < -0.3 is 24.0 Å². The van der Waals surface area contributed by atoms with Crippen molar-refractivity contribution in [3.05, 3.63) is 76.0 Å². The Labute approximate surface area is 216 Å². The minimum Gasteiger partial charge on any atom is -0.497 e. The minimum atomic E-state index is -0.224. The van der Waals surface area contributed by atoms with Gasteiger partial charge in [-0.2, -0.15) is 0 Å². The summed E-state index contributed by atoms with van der Waals surface area (Å²) in [5.41, 5.74) is 1.65. The average Bonchev–Trinajstić information content (AvgIpc) is 3.40. The van der Waals surface area contributed by atoms with Crippen molar-refractivity contribution in [3.63, 3.8) is 0 Å². The first kappa shape index (κ1) is 25.6. The molecule has 7 nitrogen and oxygen atoms in total. The molecule has 190 valence electrons. The summed E-state index contributed by atoms with van der Waals surface area (Å²) in [4.78, 5) is 31.6. The van der Waals surface area contributed by atoms with Crippen LogP contribution in [0, 0.1) is 0 Å². The first-order chi connectivity index (χ1) is 17.5. The maximum atomic E-state index is 13.6. The first-order valence-electron chi connectivity index (χ1n) is 12.1. The van der Waals surface area contributed by atoms with Crippen LogP contribution in [0.3, 0.4) is 0 Å². The van der Waals surface area contributed by atoms with Crippen molar-refractivity contribution in [1.82, 2.24) is 9.80 Å². The van der Waals surface area contributed by atoms with E-state index in [1.54, 1.807) is 54.7 Å². The van der Waals surface area contributed by atoms with Gasteiger partial charge in [-0.05, 0) is 66.2 Å². The molecule has 0 fully saturated rings. The number of hydrogen-bond donors (Lipinski definition) is 0. The molecule has 2 aromatic carbocycles. The van der Waals surface area contributed by atoms with Crippen molar-refractivity contribution in [3.8, 4) is 17.2 Å². The third kappa shape index (κ3) is 5.82. The lowest BCUT2D eigenvalue weighted by molar-refractivity contribution is -0.135. The molecule has 1 aliphatic rings. The van der Waals surface area contributed by atoms with E-state index in [-0.39, 0.29) is 24.4 Å². The molecule has 4 rings (SSSR count). The molecule has 8 heteroatoms. The molecule has 1 aromatic heterocycles. The lowest BCUT2D eigenvalue weighted by Crippen LogP contribution is -2.48. The second-order valence-electron chi connectivity index (χ2n) is 8.60. The van der Waals surface area contributed by atoms with Crippen LogP contribution in [-0.2, 0) is 11.2 Å². The lowest BCUT2D eigenvalue weighted by Gasteiger charge is -2.37. The Morgan fingerprint density at radius 3 is 2.50 bits per heavy atom. The Morgan fingerprint density at radius 1 is 1.03 bits per heavy atom. The quantitative estimate of drug-likeness (QED) is 0.393. The summed E-state index contributed by atoms with van der Waals surface area (Å²) in [6.07, 6.45) is 1.56. The Bertz CT molecular complexity index is 1180. The average molecular weight is 509 g/mol. The normalized spacial score (nSPS) is 14.6. The van der Waals surface area contributed by atoms with Crippen LogP contribution in [0.15, 0.2) is 60.0 Å². The Hall–Kier alpha value is -3.52. The third-order valence-corrected chi connectivity index (χ3v) is 7.30. The van der Waals surface area contributed by atoms with Crippen molar-refractivity contribution < 1.29 is 23.8 Å². The van der Waals surface area contributed by atoms with E-state index >= 15 is 0 Å². The number of thiophene rings is 1. The van der Waals surface area contributed by atoms with Crippen LogP contribution in [0.1, 0.15) is 40.2 Å². The zero-order valence-corrected chi connectivity index (χ0v) is 21.8. The molecule has 0 unspecified atom stereocenters.